The van der Waals surface area contributed by atoms with Gasteiger partial charge in [0.25, 0.3) is 0 Å². The van der Waals surface area contributed by atoms with Gasteiger partial charge in [0, 0.05) is 18.1 Å². The lowest BCUT2D eigenvalue weighted by atomic mass is 10.1. The minimum Gasteiger partial charge on any atom is -0.455 e. The van der Waals surface area contributed by atoms with Gasteiger partial charge in [-0.15, -0.1) is 0 Å². The van der Waals surface area contributed by atoms with Gasteiger partial charge in [0.15, 0.2) is 6.29 Å². The predicted molar refractivity (Wildman–Crippen MR) is 69.7 cm³/mol. The van der Waals surface area contributed by atoms with Crippen LogP contribution in [0.1, 0.15) is 18.3 Å². The number of aliphatic hydroxyl groups excluding tert-OH is 1. The molecule has 1 saturated heterocycles. The van der Waals surface area contributed by atoms with E-state index in [0.717, 1.165) is 5.56 Å². The molecule has 20 heavy (non-hydrogen) atoms. The van der Waals surface area contributed by atoms with Gasteiger partial charge in [0.1, 0.15) is 12.2 Å². The Bertz CT molecular complexity index is 498. The maximum Gasteiger partial charge on any atom is 0.331 e. The Morgan fingerprint density at radius 2 is 2.05 bits per heavy atom. The number of hydrogen-bond donors (Lipinski definition) is 1. The Hall–Kier alpha value is -1.69. The maximum atomic E-state index is 11.0. The number of benzene rings is 1. The van der Waals surface area contributed by atoms with E-state index in [2.05, 4.69) is 0 Å². The van der Waals surface area contributed by atoms with Crippen LogP contribution in [0.15, 0.2) is 42.5 Å². The lowest BCUT2D eigenvalue weighted by molar-refractivity contribution is -0.260. The van der Waals surface area contributed by atoms with Gasteiger partial charge in [0.2, 0.25) is 0 Å². The molecule has 0 unspecified atom stereocenters. The first-order chi connectivity index (χ1) is 9.72. The molecule has 1 aromatic rings. The maximum absolute atomic E-state index is 11.0. The van der Waals surface area contributed by atoms with Crippen LogP contribution in [0.2, 0.25) is 0 Å². The van der Waals surface area contributed by atoms with Crippen LogP contribution in [-0.2, 0) is 19.0 Å². The molecule has 2 heterocycles. The van der Waals surface area contributed by atoms with E-state index in [9.17, 15) is 9.90 Å². The number of carbonyl (C=O) groups excluding carboxylic acids is 1. The first kappa shape index (κ1) is 13.3. The molecule has 5 heteroatoms. The van der Waals surface area contributed by atoms with E-state index >= 15 is 0 Å². The Morgan fingerprint density at radius 3 is 2.75 bits per heavy atom. The van der Waals surface area contributed by atoms with E-state index in [1.54, 1.807) is 6.08 Å². The highest BCUT2D eigenvalue weighted by Crippen LogP contribution is 2.29. The number of rotatable bonds is 3. The average Bonchev–Trinajstić information content (AvgIpc) is 2.88. The molecule has 4 atom stereocenters. The average molecular weight is 276 g/mol. The zero-order chi connectivity index (χ0) is 13.9. The van der Waals surface area contributed by atoms with E-state index in [-0.39, 0.29) is 18.7 Å². The summed E-state index contributed by atoms with van der Waals surface area (Å²) in [4.78, 5) is 11.0. The summed E-state index contributed by atoms with van der Waals surface area (Å²) in [6, 6.07) is 9.55. The van der Waals surface area contributed by atoms with E-state index in [1.165, 1.54) is 6.08 Å². The summed E-state index contributed by atoms with van der Waals surface area (Å²) in [7, 11) is 0. The fraction of sp³-hybridized carbons (Fsp3) is 0.400. The smallest absolute Gasteiger partial charge is 0.331 e. The van der Waals surface area contributed by atoms with Gasteiger partial charge in [-0.3, -0.25) is 0 Å². The summed E-state index contributed by atoms with van der Waals surface area (Å²) >= 11 is 0. The Kier molecular flexibility index (Phi) is 3.82. The second-order valence-electron chi connectivity index (χ2n) is 4.89. The van der Waals surface area contributed by atoms with Crippen LogP contribution in [0.5, 0.6) is 0 Å². The van der Waals surface area contributed by atoms with Gasteiger partial charge in [-0.05, 0) is 6.08 Å². The summed E-state index contributed by atoms with van der Waals surface area (Å²) in [5.74, 6) is -0.351. The van der Waals surface area contributed by atoms with Crippen molar-refractivity contribution in [3.05, 3.63) is 48.0 Å². The zero-order valence-corrected chi connectivity index (χ0v) is 10.8. The van der Waals surface area contributed by atoms with Crippen molar-refractivity contribution in [2.75, 3.05) is 6.61 Å². The lowest BCUT2D eigenvalue weighted by Gasteiger charge is -2.34. The molecule has 106 valence electrons. The molecule has 1 aromatic carbocycles. The molecule has 3 rings (SSSR count). The number of esters is 1. The molecule has 0 aromatic heterocycles. The molecule has 1 N–H and O–H groups in total. The van der Waals surface area contributed by atoms with Crippen molar-refractivity contribution in [3.63, 3.8) is 0 Å². The first-order valence-corrected chi connectivity index (χ1v) is 6.61. The van der Waals surface area contributed by atoms with Crippen LogP contribution in [0.3, 0.4) is 0 Å². The summed E-state index contributed by atoms with van der Waals surface area (Å²) in [6.45, 7) is 0.203. The molecule has 0 saturated carbocycles. The van der Waals surface area contributed by atoms with Crippen LogP contribution in [0, 0.1) is 0 Å². The van der Waals surface area contributed by atoms with Crippen LogP contribution >= 0.6 is 0 Å². The largest absolute Gasteiger partial charge is 0.455 e. The third-order valence-electron chi connectivity index (χ3n) is 3.40. The first-order valence-electron chi connectivity index (χ1n) is 6.61. The molecule has 1 fully saturated rings. The van der Waals surface area contributed by atoms with Crippen LogP contribution < -0.4 is 0 Å². The standard InChI is InChI=1S/C15H16O5/c16-12-9-18-15(10-4-2-1-3-5-10)20-13(12)8-11-6-7-14(17)19-11/h1-7,11-13,15-16H,8-9H2/t11-,12+,13+,15-/m0/s1. The second-order valence-corrected chi connectivity index (χ2v) is 4.89. The molecule has 0 bridgehead atoms. The SMILES string of the molecule is O=C1C=C[C@@H](C[C@H]2O[C@@H](c3ccccc3)OC[C@H]2O)O1. The summed E-state index contributed by atoms with van der Waals surface area (Å²) in [6.07, 6.45) is 1.53. The van der Waals surface area contributed by atoms with E-state index in [0.29, 0.717) is 6.42 Å². The molecular weight excluding hydrogens is 260 g/mol. The van der Waals surface area contributed by atoms with Crippen molar-refractivity contribution in [2.45, 2.75) is 31.0 Å². The van der Waals surface area contributed by atoms with Crippen LogP contribution in [0.4, 0.5) is 0 Å². The molecule has 0 spiro atoms. The van der Waals surface area contributed by atoms with E-state index < -0.39 is 18.5 Å². The highest BCUT2D eigenvalue weighted by atomic mass is 16.7. The van der Waals surface area contributed by atoms with Gasteiger partial charge in [0.05, 0.1) is 12.7 Å². The van der Waals surface area contributed by atoms with Crippen LogP contribution in [0.25, 0.3) is 0 Å². The monoisotopic (exact) mass is 276 g/mol. The van der Waals surface area contributed by atoms with E-state index in [4.69, 9.17) is 14.2 Å². The number of cyclic esters (lactones) is 1. The predicted octanol–water partition coefficient (Wildman–Crippen LogP) is 1.33. The van der Waals surface area contributed by atoms with Crippen molar-refractivity contribution in [1.82, 2.24) is 0 Å². The Balaban J connectivity index is 1.64. The fourth-order valence-electron chi connectivity index (χ4n) is 2.35. The summed E-state index contributed by atoms with van der Waals surface area (Å²) in [5.41, 5.74) is 0.906. The highest BCUT2D eigenvalue weighted by Gasteiger charge is 2.34. The van der Waals surface area contributed by atoms with Gasteiger partial charge >= 0.3 is 5.97 Å². The number of aliphatic hydroxyl groups is 1. The van der Waals surface area contributed by atoms with Gasteiger partial charge in [-0.1, -0.05) is 30.3 Å². The van der Waals surface area contributed by atoms with E-state index in [1.807, 2.05) is 30.3 Å². The zero-order valence-electron chi connectivity index (χ0n) is 10.8. The third-order valence-corrected chi connectivity index (χ3v) is 3.40. The molecule has 5 nitrogen and oxygen atoms in total. The number of carbonyl (C=O) groups is 1. The van der Waals surface area contributed by atoms with Crippen molar-refractivity contribution < 1.29 is 24.1 Å². The van der Waals surface area contributed by atoms with Crippen molar-refractivity contribution in [3.8, 4) is 0 Å². The Morgan fingerprint density at radius 1 is 1.25 bits per heavy atom. The number of ether oxygens (including phenoxy) is 3. The Labute approximate surface area is 116 Å². The fourth-order valence-corrected chi connectivity index (χ4v) is 2.35. The molecular formula is C15H16O5. The molecule has 0 amide bonds. The normalized spacial score (nSPS) is 33.1. The third kappa shape index (κ3) is 2.90. The van der Waals surface area contributed by atoms with Gasteiger partial charge in [-0.2, -0.15) is 0 Å². The molecule has 2 aliphatic heterocycles. The minimum atomic E-state index is -0.720. The topological polar surface area (TPSA) is 65.0 Å². The molecule has 0 radical (unpaired) electrons. The van der Waals surface area contributed by atoms with Crippen molar-refractivity contribution in [2.24, 2.45) is 0 Å². The second kappa shape index (κ2) is 5.75. The quantitative estimate of drug-likeness (QED) is 0.844. The van der Waals surface area contributed by atoms with Crippen molar-refractivity contribution in [1.29, 1.82) is 0 Å². The molecule has 2 aliphatic rings. The summed E-state index contributed by atoms with van der Waals surface area (Å²) in [5, 5.41) is 9.95. The van der Waals surface area contributed by atoms with Gasteiger partial charge in [-0.25, -0.2) is 4.79 Å². The lowest BCUT2D eigenvalue weighted by Crippen LogP contribution is -2.42. The minimum absolute atomic E-state index is 0.203. The van der Waals surface area contributed by atoms with Crippen molar-refractivity contribution >= 4 is 5.97 Å². The molecule has 0 aliphatic carbocycles. The highest BCUT2D eigenvalue weighted by molar-refractivity contribution is 5.84. The van der Waals surface area contributed by atoms with Gasteiger partial charge < -0.3 is 19.3 Å². The van der Waals surface area contributed by atoms with Crippen LogP contribution in [-0.4, -0.2) is 36.0 Å². The number of hydrogen-bond acceptors (Lipinski definition) is 5. The summed E-state index contributed by atoms with van der Waals surface area (Å²) < 4.78 is 16.3.